The predicted octanol–water partition coefficient (Wildman–Crippen LogP) is 2.80. The van der Waals surface area contributed by atoms with Gasteiger partial charge in [0.1, 0.15) is 12.1 Å². The van der Waals surface area contributed by atoms with Crippen molar-refractivity contribution in [1.82, 2.24) is 0 Å². The Morgan fingerprint density at radius 3 is 2.60 bits per heavy atom. The van der Waals surface area contributed by atoms with E-state index in [0.717, 1.165) is 4.88 Å². The summed E-state index contributed by atoms with van der Waals surface area (Å²) in [6.45, 7) is 0.467. The highest BCUT2D eigenvalue weighted by Gasteiger charge is 2.07. The van der Waals surface area contributed by atoms with Gasteiger partial charge in [-0.15, -0.1) is 11.3 Å². The molecule has 0 radical (unpaired) electrons. The molecule has 0 saturated heterocycles. The smallest absolute Gasteiger partial charge is 0.336 e. The number of carbonyl (C=O) groups is 1. The Hall–Kier alpha value is -2.83. The Morgan fingerprint density at radius 1 is 1.25 bits per heavy atom. The highest BCUT2D eigenvalue weighted by atomic mass is 32.1. The fourth-order valence-electron chi connectivity index (χ4n) is 1.62. The van der Waals surface area contributed by atoms with Crippen LogP contribution < -0.4 is 5.32 Å². The lowest BCUT2D eigenvalue weighted by Crippen LogP contribution is -1.99. The minimum atomic E-state index is -0.947. The summed E-state index contributed by atoms with van der Waals surface area (Å²) < 4.78 is 0. The van der Waals surface area contributed by atoms with Gasteiger partial charge in [0.2, 0.25) is 0 Å². The molecule has 98 valence electrons. The quantitative estimate of drug-likeness (QED) is 0.899. The number of nitrogens with zero attached hydrogens (tertiary/aromatic N) is 2. The van der Waals surface area contributed by atoms with Crippen LogP contribution >= 0.6 is 11.3 Å². The first-order chi connectivity index (χ1) is 9.63. The third kappa shape index (κ3) is 2.94. The van der Waals surface area contributed by atoms with Crippen molar-refractivity contribution >= 4 is 23.0 Å². The zero-order valence-electron chi connectivity index (χ0n) is 10.3. The monoisotopic (exact) mass is 283 g/mol. The van der Waals surface area contributed by atoms with Gasteiger partial charge in [-0.2, -0.15) is 10.5 Å². The fourth-order valence-corrected chi connectivity index (χ4v) is 2.42. The van der Waals surface area contributed by atoms with Crippen LogP contribution in [0.3, 0.4) is 0 Å². The lowest BCUT2D eigenvalue weighted by molar-refractivity contribution is 0.0697. The molecule has 1 aromatic heterocycles. The van der Waals surface area contributed by atoms with Crippen molar-refractivity contribution in [2.45, 2.75) is 6.54 Å². The molecule has 0 aliphatic rings. The average Bonchev–Trinajstić information content (AvgIpc) is 2.94. The van der Waals surface area contributed by atoms with Gasteiger partial charge < -0.3 is 10.4 Å². The van der Waals surface area contributed by atoms with Crippen molar-refractivity contribution in [2.75, 3.05) is 5.32 Å². The maximum atomic E-state index is 10.8. The van der Waals surface area contributed by atoms with Crippen molar-refractivity contribution < 1.29 is 9.90 Å². The maximum absolute atomic E-state index is 10.8. The molecular formula is C14H9N3O2S. The van der Waals surface area contributed by atoms with Gasteiger partial charge in [-0.05, 0) is 24.3 Å². The summed E-state index contributed by atoms with van der Waals surface area (Å²) in [5, 5.41) is 31.3. The van der Waals surface area contributed by atoms with Crippen LogP contribution in [0.25, 0.3) is 0 Å². The molecule has 2 N–H and O–H groups in total. The first-order valence-corrected chi connectivity index (χ1v) is 6.51. The van der Waals surface area contributed by atoms with Crippen molar-refractivity contribution in [1.29, 1.82) is 10.5 Å². The molecule has 0 aliphatic heterocycles. The van der Waals surface area contributed by atoms with Gasteiger partial charge in [-0.25, -0.2) is 4.79 Å². The van der Waals surface area contributed by atoms with Gasteiger partial charge in [-0.1, -0.05) is 0 Å². The lowest BCUT2D eigenvalue weighted by Gasteiger charge is -2.05. The number of anilines is 1. The van der Waals surface area contributed by atoms with E-state index in [-0.39, 0.29) is 5.56 Å². The van der Waals surface area contributed by atoms with Gasteiger partial charge >= 0.3 is 5.97 Å². The summed E-state index contributed by atoms with van der Waals surface area (Å²) in [6, 6.07) is 10.4. The van der Waals surface area contributed by atoms with Crippen molar-refractivity contribution in [2.24, 2.45) is 0 Å². The summed E-state index contributed by atoms with van der Waals surface area (Å²) in [7, 11) is 0. The molecule has 5 nitrogen and oxygen atoms in total. The van der Waals surface area contributed by atoms with Crippen LogP contribution in [0.2, 0.25) is 0 Å². The van der Waals surface area contributed by atoms with E-state index >= 15 is 0 Å². The van der Waals surface area contributed by atoms with Gasteiger partial charge in [0, 0.05) is 22.5 Å². The summed E-state index contributed by atoms with van der Waals surface area (Å²) in [5.41, 5.74) is 1.63. The molecule has 0 spiro atoms. The van der Waals surface area contributed by atoms with Crippen LogP contribution in [0.1, 0.15) is 26.4 Å². The zero-order chi connectivity index (χ0) is 14.5. The van der Waals surface area contributed by atoms with Crippen LogP contribution in [0.4, 0.5) is 5.69 Å². The largest absolute Gasteiger partial charge is 0.478 e. The van der Waals surface area contributed by atoms with E-state index in [9.17, 15) is 4.79 Å². The molecule has 0 saturated carbocycles. The number of carboxylic acid groups (broad SMARTS) is 1. The molecule has 20 heavy (non-hydrogen) atoms. The zero-order valence-corrected chi connectivity index (χ0v) is 11.1. The molecule has 2 aromatic rings. The minimum Gasteiger partial charge on any atom is -0.478 e. The predicted molar refractivity (Wildman–Crippen MR) is 74.5 cm³/mol. The lowest BCUT2D eigenvalue weighted by atomic mass is 10.1. The van der Waals surface area contributed by atoms with Crippen LogP contribution in [0, 0.1) is 22.7 Å². The fraction of sp³-hybridized carbons (Fsp3) is 0.0714. The topological polar surface area (TPSA) is 96.9 Å². The van der Waals surface area contributed by atoms with E-state index in [2.05, 4.69) is 5.32 Å². The molecule has 0 aliphatic carbocycles. The number of nitriles is 2. The highest BCUT2D eigenvalue weighted by Crippen LogP contribution is 2.19. The van der Waals surface area contributed by atoms with Crippen molar-refractivity contribution in [3.05, 3.63) is 51.2 Å². The SMILES string of the molecule is N#Cc1ccc(NCc2cc(C(=O)O)cs2)cc1C#N. The summed E-state index contributed by atoms with van der Waals surface area (Å²) in [5.74, 6) is -0.947. The van der Waals surface area contributed by atoms with E-state index in [0.29, 0.717) is 23.4 Å². The second-order valence-corrected chi connectivity index (χ2v) is 4.94. The maximum Gasteiger partial charge on any atom is 0.336 e. The molecule has 2 rings (SSSR count). The second-order valence-electron chi connectivity index (χ2n) is 3.94. The molecule has 0 atom stereocenters. The van der Waals surface area contributed by atoms with Crippen molar-refractivity contribution in [3.63, 3.8) is 0 Å². The average molecular weight is 283 g/mol. The Balaban J connectivity index is 2.09. The number of hydrogen-bond donors (Lipinski definition) is 2. The molecule has 0 fully saturated rings. The number of hydrogen-bond acceptors (Lipinski definition) is 5. The van der Waals surface area contributed by atoms with Crippen LogP contribution in [-0.2, 0) is 6.54 Å². The normalized spacial score (nSPS) is 9.50. The number of benzene rings is 1. The summed E-state index contributed by atoms with van der Waals surface area (Å²) in [6.07, 6.45) is 0. The minimum absolute atomic E-state index is 0.268. The highest BCUT2D eigenvalue weighted by molar-refractivity contribution is 7.10. The molecule has 0 unspecified atom stereocenters. The van der Waals surface area contributed by atoms with Gasteiger partial charge in [0.25, 0.3) is 0 Å². The number of nitrogens with one attached hydrogen (secondary N) is 1. The van der Waals surface area contributed by atoms with Gasteiger partial charge in [0.05, 0.1) is 16.7 Å². The first kappa shape index (κ1) is 13.6. The Labute approximate surface area is 119 Å². The van der Waals surface area contributed by atoms with E-state index < -0.39 is 5.97 Å². The van der Waals surface area contributed by atoms with E-state index in [1.807, 2.05) is 12.1 Å². The van der Waals surface area contributed by atoms with E-state index in [4.69, 9.17) is 15.6 Å². The van der Waals surface area contributed by atoms with Gasteiger partial charge in [-0.3, -0.25) is 0 Å². The first-order valence-electron chi connectivity index (χ1n) is 5.63. The third-order valence-corrected chi connectivity index (χ3v) is 3.56. The Bertz CT molecular complexity index is 738. The van der Waals surface area contributed by atoms with E-state index in [1.165, 1.54) is 11.3 Å². The number of thiophene rings is 1. The van der Waals surface area contributed by atoms with Crippen LogP contribution in [-0.4, -0.2) is 11.1 Å². The molecule has 6 heteroatoms. The van der Waals surface area contributed by atoms with Crippen molar-refractivity contribution in [3.8, 4) is 12.1 Å². The molecular weight excluding hydrogens is 274 g/mol. The summed E-state index contributed by atoms with van der Waals surface area (Å²) >= 11 is 1.35. The number of carboxylic acids is 1. The molecule has 0 amide bonds. The molecule has 1 aromatic carbocycles. The number of rotatable bonds is 4. The molecule has 1 heterocycles. The third-order valence-electron chi connectivity index (χ3n) is 2.63. The van der Waals surface area contributed by atoms with Crippen LogP contribution in [0.15, 0.2) is 29.6 Å². The standard InChI is InChI=1S/C14H9N3O2S/c15-5-9-1-2-12(3-10(9)6-16)17-7-13-4-11(8-20-13)14(18)19/h1-4,8,17H,7H2,(H,18,19). The van der Waals surface area contributed by atoms with Crippen LogP contribution in [0.5, 0.6) is 0 Å². The van der Waals surface area contributed by atoms with Gasteiger partial charge in [0.15, 0.2) is 0 Å². The summed E-state index contributed by atoms with van der Waals surface area (Å²) in [4.78, 5) is 11.6. The number of aromatic carboxylic acids is 1. The Morgan fingerprint density at radius 2 is 2.00 bits per heavy atom. The molecule has 0 bridgehead atoms. The van der Waals surface area contributed by atoms with E-state index in [1.54, 1.807) is 29.6 Å². The Kier molecular flexibility index (Phi) is 3.99. The second kappa shape index (κ2) is 5.87.